The maximum Gasteiger partial charge on any atom is -0.0271 e. The Hall–Kier alpha value is -0.780. The number of hydrogen-bond donors (Lipinski definition) is 0. The standard InChI is InChI=1S/C18H28/c1-15-9-5-6-10-16(15)11-14-17(2,3)18(4)12-7-8-13-18/h5-6,9-10H,7-8,11-14H2,1-4H3. The summed E-state index contributed by atoms with van der Waals surface area (Å²) < 4.78 is 0. The highest BCUT2D eigenvalue weighted by Gasteiger charge is 2.42. The van der Waals surface area contributed by atoms with Crippen molar-refractivity contribution in [2.24, 2.45) is 10.8 Å². The van der Waals surface area contributed by atoms with Crippen LogP contribution in [-0.4, -0.2) is 0 Å². The predicted molar refractivity (Wildman–Crippen MR) is 79.9 cm³/mol. The van der Waals surface area contributed by atoms with Crippen molar-refractivity contribution in [3.63, 3.8) is 0 Å². The Labute approximate surface area is 113 Å². The molecule has 0 heteroatoms. The minimum absolute atomic E-state index is 0.464. The van der Waals surface area contributed by atoms with Crippen LogP contribution < -0.4 is 0 Å². The average molecular weight is 244 g/mol. The normalized spacial score (nSPS) is 19.1. The second-order valence-electron chi connectivity index (χ2n) is 7.08. The minimum Gasteiger partial charge on any atom is -0.0620 e. The number of hydrogen-bond acceptors (Lipinski definition) is 0. The van der Waals surface area contributed by atoms with E-state index in [4.69, 9.17) is 0 Å². The molecule has 0 aromatic heterocycles. The van der Waals surface area contributed by atoms with Gasteiger partial charge >= 0.3 is 0 Å². The van der Waals surface area contributed by atoms with Crippen molar-refractivity contribution >= 4 is 0 Å². The van der Waals surface area contributed by atoms with E-state index in [0.29, 0.717) is 10.8 Å². The molecule has 0 aliphatic heterocycles. The molecular weight excluding hydrogens is 216 g/mol. The van der Waals surface area contributed by atoms with Crippen LogP contribution in [0.4, 0.5) is 0 Å². The summed E-state index contributed by atoms with van der Waals surface area (Å²) in [5.41, 5.74) is 4.01. The summed E-state index contributed by atoms with van der Waals surface area (Å²) >= 11 is 0. The molecule has 1 saturated carbocycles. The lowest BCUT2D eigenvalue weighted by molar-refractivity contribution is 0.0855. The van der Waals surface area contributed by atoms with E-state index in [-0.39, 0.29) is 0 Å². The summed E-state index contributed by atoms with van der Waals surface area (Å²) in [5, 5.41) is 0. The van der Waals surface area contributed by atoms with Crippen LogP contribution in [0.15, 0.2) is 24.3 Å². The molecule has 0 saturated heterocycles. The molecule has 1 aromatic carbocycles. The molecular formula is C18H28. The molecule has 18 heavy (non-hydrogen) atoms. The van der Waals surface area contributed by atoms with Gasteiger partial charge in [-0.1, -0.05) is 57.9 Å². The molecule has 0 spiro atoms. The third-order valence-corrected chi connectivity index (χ3v) is 5.62. The van der Waals surface area contributed by atoms with Crippen LogP contribution in [0, 0.1) is 17.8 Å². The van der Waals surface area contributed by atoms with E-state index < -0.39 is 0 Å². The summed E-state index contributed by atoms with van der Waals surface area (Å²) in [4.78, 5) is 0. The fourth-order valence-corrected chi connectivity index (χ4v) is 3.47. The maximum atomic E-state index is 2.51. The Bertz CT molecular complexity index is 394. The van der Waals surface area contributed by atoms with Gasteiger partial charge in [0.15, 0.2) is 0 Å². The van der Waals surface area contributed by atoms with Crippen LogP contribution in [0.25, 0.3) is 0 Å². The molecule has 0 amide bonds. The van der Waals surface area contributed by atoms with E-state index in [9.17, 15) is 0 Å². The smallest absolute Gasteiger partial charge is 0.0271 e. The van der Waals surface area contributed by atoms with Gasteiger partial charge in [-0.05, 0) is 54.6 Å². The fourth-order valence-electron chi connectivity index (χ4n) is 3.47. The van der Waals surface area contributed by atoms with Crippen molar-refractivity contribution < 1.29 is 0 Å². The van der Waals surface area contributed by atoms with Crippen molar-refractivity contribution in [1.82, 2.24) is 0 Å². The number of rotatable bonds is 4. The molecule has 0 unspecified atom stereocenters. The predicted octanol–water partition coefficient (Wildman–Crippen LogP) is 5.53. The van der Waals surface area contributed by atoms with Gasteiger partial charge in [0.05, 0.1) is 0 Å². The van der Waals surface area contributed by atoms with Crippen molar-refractivity contribution in [3.05, 3.63) is 35.4 Å². The Balaban J connectivity index is 2.03. The lowest BCUT2D eigenvalue weighted by Gasteiger charge is -2.42. The van der Waals surface area contributed by atoms with Gasteiger partial charge in [0, 0.05) is 0 Å². The van der Waals surface area contributed by atoms with E-state index >= 15 is 0 Å². The lowest BCUT2D eigenvalue weighted by Crippen LogP contribution is -2.33. The van der Waals surface area contributed by atoms with Crippen molar-refractivity contribution in [1.29, 1.82) is 0 Å². The Kier molecular flexibility index (Phi) is 3.84. The molecule has 1 aliphatic carbocycles. The molecule has 100 valence electrons. The van der Waals surface area contributed by atoms with Gasteiger partial charge in [-0.15, -0.1) is 0 Å². The van der Waals surface area contributed by atoms with Gasteiger partial charge in [-0.3, -0.25) is 0 Å². The molecule has 0 heterocycles. The third kappa shape index (κ3) is 2.63. The van der Waals surface area contributed by atoms with Crippen molar-refractivity contribution in [2.75, 3.05) is 0 Å². The summed E-state index contributed by atoms with van der Waals surface area (Å²) in [7, 11) is 0. The molecule has 0 radical (unpaired) electrons. The van der Waals surface area contributed by atoms with E-state index in [2.05, 4.69) is 52.0 Å². The number of aryl methyl sites for hydroxylation is 2. The second-order valence-corrected chi connectivity index (χ2v) is 7.08. The SMILES string of the molecule is Cc1ccccc1CCC(C)(C)C1(C)CCCC1. The second kappa shape index (κ2) is 5.07. The molecule has 1 aliphatic rings. The van der Waals surface area contributed by atoms with Gasteiger partial charge in [0.1, 0.15) is 0 Å². The molecule has 1 aromatic rings. The summed E-state index contributed by atoms with van der Waals surface area (Å²) in [6.07, 6.45) is 8.26. The molecule has 0 bridgehead atoms. The van der Waals surface area contributed by atoms with Crippen LogP contribution in [0.3, 0.4) is 0 Å². The first kappa shape index (κ1) is 13.6. The van der Waals surface area contributed by atoms with Crippen LogP contribution in [0.5, 0.6) is 0 Å². The molecule has 0 atom stereocenters. The Morgan fingerprint density at radius 1 is 1.11 bits per heavy atom. The average Bonchev–Trinajstić information content (AvgIpc) is 2.77. The van der Waals surface area contributed by atoms with Crippen molar-refractivity contribution in [2.45, 2.75) is 66.2 Å². The van der Waals surface area contributed by atoms with Crippen LogP contribution >= 0.6 is 0 Å². The van der Waals surface area contributed by atoms with Crippen LogP contribution in [0.1, 0.15) is 64.0 Å². The zero-order chi connectivity index (χ0) is 13.2. The van der Waals surface area contributed by atoms with Gasteiger partial charge in [0.25, 0.3) is 0 Å². The third-order valence-electron chi connectivity index (χ3n) is 5.62. The molecule has 0 N–H and O–H groups in total. The van der Waals surface area contributed by atoms with Crippen LogP contribution in [-0.2, 0) is 6.42 Å². The van der Waals surface area contributed by atoms with Crippen molar-refractivity contribution in [3.8, 4) is 0 Å². The summed E-state index contributed by atoms with van der Waals surface area (Å²) in [6, 6.07) is 8.84. The lowest BCUT2D eigenvalue weighted by atomic mass is 9.63. The van der Waals surface area contributed by atoms with Gasteiger partial charge in [-0.25, -0.2) is 0 Å². The van der Waals surface area contributed by atoms with Gasteiger partial charge in [0.2, 0.25) is 0 Å². The minimum atomic E-state index is 0.464. The fraction of sp³-hybridized carbons (Fsp3) is 0.667. The molecule has 0 nitrogen and oxygen atoms in total. The van der Waals surface area contributed by atoms with Crippen LogP contribution in [0.2, 0.25) is 0 Å². The van der Waals surface area contributed by atoms with E-state index in [0.717, 1.165) is 0 Å². The molecule has 1 fully saturated rings. The van der Waals surface area contributed by atoms with E-state index in [1.807, 2.05) is 0 Å². The summed E-state index contributed by atoms with van der Waals surface area (Å²) in [6.45, 7) is 9.71. The summed E-state index contributed by atoms with van der Waals surface area (Å²) in [5.74, 6) is 0. The van der Waals surface area contributed by atoms with Gasteiger partial charge in [-0.2, -0.15) is 0 Å². The maximum absolute atomic E-state index is 2.51. The number of benzene rings is 1. The van der Waals surface area contributed by atoms with E-state index in [1.165, 1.54) is 49.7 Å². The monoisotopic (exact) mass is 244 g/mol. The zero-order valence-electron chi connectivity index (χ0n) is 12.6. The molecule has 2 rings (SSSR count). The largest absolute Gasteiger partial charge is 0.0620 e. The highest BCUT2D eigenvalue weighted by atomic mass is 14.5. The quantitative estimate of drug-likeness (QED) is 0.653. The first-order chi connectivity index (χ1) is 8.45. The first-order valence-electron chi connectivity index (χ1n) is 7.49. The Morgan fingerprint density at radius 2 is 1.72 bits per heavy atom. The Morgan fingerprint density at radius 3 is 2.33 bits per heavy atom. The highest BCUT2D eigenvalue weighted by molar-refractivity contribution is 5.25. The first-order valence-corrected chi connectivity index (χ1v) is 7.49. The van der Waals surface area contributed by atoms with E-state index in [1.54, 1.807) is 0 Å². The zero-order valence-corrected chi connectivity index (χ0v) is 12.6. The highest BCUT2D eigenvalue weighted by Crippen LogP contribution is 2.52. The topological polar surface area (TPSA) is 0 Å². The van der Waals surface area contributed by atoms with Gasteiger partial charge < -0.3 is 0 Å².